The number of likely N-dealkylation sites (tertiary alicyclic amines) is 1. The fraction of sp³-hybridized carbons (Fsp3) is 0.923. The van der Waals surface area contributed by atoms with Crippen LogP contribution in [0.25, 0.3) is 0 Å². The minimum Gasteiger partial charge on any atom is -0.396 e. The number of amides is 1. The third-order valence-corrected chi connectivity index (χ3v) is 4.19. The van der Waals surface area contributed by atoms with Gasteiger partial charge in [0.15, 0.2) is 0 Å². The largest absolute Gasteiger partial charge is 0.396 e. The molecule has 0 aromatic rings. The van der Waals surface area contributed by atoms with Crippen molar-refractivity contribution >= 4 is 5.91 Å². The van der Waals surface area contributed by atoms with Crippen LogP contribution in [-0.4, -0.2) is 47.7 Å². The van der Waals surface area contributed by atoms with E-state index in [1.54, 1.807) is 0 Å². The zero-order valence-corrected chi connectivity index (χ0v) is 10.7. The molecule has 1 amide bonds. The van der Waals surface area contributed by atoms with Crippen molar-refractivity contribution in [3.63, 3.8) is 0 Å². The Labute approximate surface area is 103 Å². The van der Waals surface area contributed by atoms with Gasteiger partial charge < -0.3 is 15.3 Å². The summed E-state index contributed by atoms with van der Waals surface area (Å²) >= 11 is 0. The highest BCUT2D eigenvalue weighted by molar-refractivity contribution is 5.84. The van der Waals surface area contributed by atoms with E-state index in [2.05, 4.69) is 5.32 Å². The Hall–Kier alpha value is -0.610. The van der Waals surface area contributed by atoms with Crippen molar-refractivity contribution in [1.29, 1.82) is 0 Å². The molecule has 2 aliphatic rings. The predicted octanol–water partition coefficient (Wildman–Crippen LogP) is 0.748. The second-order valence-electron chi connectivity index (χ2n) is 5.23. The number of aliphatic hydroxyl groups is 1. The van der Waals surface area contributed by atoms with Crippen molar-refractivity contribution in [1.82, 2.24) is 10.2 Å². The molecule has 0 radical (unpaired) electrons. The molecule has 4 heteroatoms. The van der Waals surface area contributed by atoms with Crippen LogP contribution in [0.1, 0.15) is 39.0 Å². The van der Waals surface area contributed by atoms with Gasteiger partial charge >= 0.3 is 0 Å². The van der Waals surface area contributed by atoms with Gasteiger partial charge in [-0.05, 0) is 25.8 Å². The molecule has 1 saturated heterocycles. The molecule has 2 N–H and O–H groups in total. The van der Waals surface area contributed by atoms with Gasteiger partial charge in [-0.25, -0.2) is 0 Å². The van der Waals surface area contributed by atoms with Crippen molar-refractivity contribution in [2.24, 2.45) is 5.92 Å². The normalized spacial score (nSPS) is 34.4. The van der Waals surface area contributed by atoms with Crippen LogP contribution in [0.15, 0.2) is 0 Å². The summed E-state index contributed by atoms with van der Waals surface area (Å²) in [5.74, 6) is 0.547. The van der Waals surface area contributed by atoms with Crippen molar-refractivity contribution in [2.75, 3.05) is 19.7 Å². The number of likely N-dealkylation sites (N-methyl/N-ethyl adjacent to an activating group) is 1. The van der Waals surface area contributed by atoms with Crippen LogP contribution in [0.5, 0.6) is 0 Å². The molecule has 0 aromatic heterocycles. The van der Waals surface area contributed by atoms with E-state index in [4.69, 9.17) is 0 Å². The fourth-order valence-electron chi connectivity index (χ4n) is 3.28. The first-order chi connectivity index (χ1) is 8.27. The summed E-state index contributed by atoms with van der Waals surface area (Å²) in [5.41, 5.74) is 0. The number of hydrogen-bond donors (Lipinski definition) is 2. The molecule has 0 spiro atoms. The summed E-state index contributed by atoms with van der Waals surface area (Å²) in [6.07, 6.45) is 5.44. The van der Waals surface area contributed by atoms with Gasteiger partial charge in [-0.15, -0.1) is 0 Å². The van der Waals surface area contributed by atoms with Crippen LogP contribution in [0.2, 0.25) is 0 Å². The molecular formula is C13H24N2O2. The van der Waals surface area contributed by atoms with Crippen molar-refractivity contribution in [3.05, 3.63) is 0 Å². The summed E-state index contributed by atoms with van der Waals surface area (Å²) in [7, 11) is 0. The van der Waals surface area contributed by atoms with Crippen LogP contribution < -0.4 is 5.32 Å². The Bertz CT molecular complexity index is 270. The third kappa shape index (κ3) is 2.63. The number of hydrogen-bond acceptors (Lipinski definition) is 3. The summed E-state index contributed by atoms with van der Waals surface area (Å²) in [5, 5.41) is 12.7. The molecule has 2 rings (SSSR count). The summed E-state index contributed by atoms with van der Waals surface area (Å²) in [4.78, 5) is 14.3. The van der Waals surface area contributed by atoms with Crippen LogP contribution >= 0.6 is 0 Å². The van der Waals surface area contributed by atoms with E-state index >= 15 is 0 Å². The lowest BCUT2D eigenvalue weighted by molar-refractivity contribution is -0.133. The molecule has 17 heavy (non-hydrogen) atoms. The summed E-state index contributed by atoms with van der Waals surface area (Å²) in [6, 6.07) is 0.297. The SMILES string of the molecule is CCNC1CCN(C2CCCCC2CO)C1=O. The van der Waals surface area contributed by atoms with E-state index in [0.717, 1.165) is 32.4 Å². The molecule has 0 aromatic carbocycles. The molecular weight excluding hydrogens is 216 g/mol. The first kappa shape index (κ1) is 12.8. The van der Waals surface area contributed by atoms with Gasteiger partial charge in [0.05, 0.1) is 6.04 Å². The first-order valence-corrected chi connectivity index (χ1v) is 6.92. The van der Waals surface area contributed by atoms with Gasteiger partial charge in [-0.2, -0.15) is 0 Å². The zero-order valence-electron chi connectivity index (χ0n) is 10.7. The van der Waals surface area contributed by atoms with Gasteiger partial charge in [0.25, 0.3) is 0 Å². The highest BCUT2D eigenvalue weighted by Crippen LogP contribution is 2.30. The Kier molecular flexibility index (Phi) is 4.40. The average Bonchev–Trinajstić information content (AvgIpc) is 2.72. The molecule has 3 atom stereocenters. The van der Waals surface area contributed by atoms with Crippen LogP contribution in [0.3, 0.4) is 0 Å². The number of aliphatic hydroxyl groups excluding tert-OH is 1. The number of nitrogens with zero attached hydrogens (tertiary/aromatic N) is 1. The molecule has 98 valence electrons. The molecule has 2 fully saturated rings. The van der Waals surface area contributed by atoms with E-state index in [-0.39, 0.29) is 24.6 Å². The first-order valence-electron chi connectivity index (χ1n) is 6.92. The molecule has 1 aliphatic carbocycles. The van der Waals surface area contributed by atoms with Crippen molar-refractivity contribution in [3.8, 4) is 0 Å². The summed E-state index contributed by atoms with van der Waals surface area (Å²) in [6.45, 7) is 3.96. The number of nitrogens with one attached hydrogen (secondary N) is 1. The summed E-state index contributed by atoms with van der Waals surface area (Å²) < 4.78 is 0. The van der Waals surface area contributed by atoms with E-state index in [1.807, 2.05) is 11.8 Å². The van der Waals surface area contributed by atoms with E-state index < -0.39 is 0 Å². The average molecular weight is 240 g/mol. The Morgan fingerprint density at radius 1 is 1.35 bits per heavy atom. The smallest absolute Gasteiger partial charge is 0.240 e. The number of carbonyl (C=O) groups excluding carboxylic acids is 1. The van der Waals surface area contributed by atoms with Gasteiger partial charge in [-0.3, -0.25) is 4.79 Å². The third-order valence-electron chi connectivity index (χ3n) is 4.19. The lowest BCUT2D eigenvalue weighted by Crippen LogP contribution is -2.47. The molecule has 1 aliphatic heterocycles. The highest BCUT2D eigenvalue weighted by Gasteiger charge is 2.39. The van der Waals surface area contributed by atoms with Gasteiger partial charge in [-0.1, -0.05) is 19.8 Å². The van der Waals surface area contributed by atoms with Gasteiger partial charge in [0.1, 0.15) is 0 Å². The Morgan fingerprint density at radius 2 is 2.12 bits per heavy atom. The number of rotatable bonds is 4. The quantitative estimate of drug-likeness (QED) is 0.762. The maximum Gasteiger partial charge on any atom is 0.240 e. The van der Waals surface area contributed by atoms with Gasteiger partial charge in [0.2, 0.25) is 5.91 Å². The van der Waals surface area contributed by atoms with E-state index in [0.29, 0.717) is 5.92 Å². The van der Waals surface area contributed by atoms with Crippen LogP contribution in [0, 0.1) is 5.92 Å². The van der Waals surface area contributed by atoms with Crippen molar-refractivity contribution in [2.45, 2.75) is 51.1 Å². The maximum atomic E-state index is 12.2. The molecule has 3 unspecified atom stereocenters. The van der Waals surface area contributed by atoms with Crippen LogP contribution in [-0.2, 0) is 4.79 Å². The zero-order chi connectivity index (χ0) is 12.3. The molecule has 1 heterocycles. The maximum absolute atomic E-state index is 12.2. The lowest BCUT2D eigenvalue weighted by atomic mass is 9.84. The van der Waals surface area contributed by atoms with E-state index in [9.17, 15) is 9.90 Å². The number of carbonyl (C=O) groups is 1. The minimum absolute atomic E-state index is 0.0151. The topological polar surface area (TPSA) is 52.6 Å². The monoisotopic (exact) mass is 240 g/mol. The van der Waals surface area contributed by atoms with Crippen molar-refractivity contribution < 1.29 is 9.90 Å². The minimum atomic E-state index is 0.0151. The van der Waals surface area contributed by atoms with E-state index in [1.165, 1.54) is 12.8 Å². The standard InChI is InChI=1S/C13H24N2O2/c1-2-14-11-7-8-15(13(11)17)12-6-4-3-5-10(12)9-16/h10-12,14,16H,2-9H2,1H3. The second-order valence-corrected chi connectivity index (χ2v) is 5.23. The molecule has 4 nitrogen and oxygen atoms in total. The lowest BCUT2D eigenvalue weighted by Gasteiger charge is -2.37. The fourth-order valence-corrected chi connectivity index (χ4v) is 3.28. The molecule has 1 saturated carbocycles. The van der Waals surface area contributed by atoms with Crippen LogP contribution in [0.4, 0.5) is 0 Å². The van der Waals surface area contributed by atoms with Gasteiger partial charge in [0, 0.05) is 25.1 Å². The second kappa shape index (κ2) is 5.83. The Morgan fingerprint density at radius 3 is 2.82 bits per heavy atom. The molecule has 0 bridgehead atoms. The highest BCUT2D eigenvalue weighted by atomic mass is 16.3. The predicted molar refractivity (Wildman–Crippen MR) is 66.6 cm³/mol. The Balaban J connectivity index is 1.99.